The number of ether oxygens (including phenoxy) is 2. The number of carbonyl (C=O) groups is 1. The van der Waals surface area contributed by atoms with Crippen LogP contribution in [0.1, 0.15) is 49.9 Å². The van der Waals surface area contributed by atoms with Crippen LogP contribution < -0.4 is 10.1 Å². The molecule has 4 rings (SSSR count). The highest BCUT2D eigenvalue weighted by Crippen LogP contribution is 2.30. The normalized spacial score (nSPS) is 17.9. The Morgan fingerprint density at radius 2 is 2.17 bits per heavy atom. The first-order chi connectivity index (χ1) is 16.9. The first kappa shape index (κ1) is 24.6. The van der Waals surface area contributed by atoms with Crippen molar-refractivity contribution < 1.29 is 23.9 Å². The van der Waals surface area contributed by atoms with Gasteiger partial charge in [0.2, 0.25) is 5.89 Å². The van der Waals surface area contributed by atoms with Crippen LogP contribution in [0, 0.1) is 12.8 Å². The number of nitrogens with one attached hydrogen (secondary N) is 1. The average molecular weight is 486 g/mol. The SMILES string of the molecule is CCOCCc1nc(NCc2c(-c3ccc(O[C@H]4CCC[C@H](C(=O)O)C4)c(C)n3)nnn2C)no1. The fourth-order valence-corrected chi connectivity index (χ4v) is 4.13. The number of rotatable bonds is 11. The van der Waals surface area contributed by atoms with Crippen molar-refractivity contribution in [2.45, 2.75) is 58.6 Å². The van der Waals surface area contributed by atoms with Crippen LogP contribution in [0.4, 0.5) is 5.95 Å². The van der Waals surface area contributed by atoms with Crippen molar-refractivity contribution in [2.24, 2.45) is 13.0 Å². The monoisotopic (exact) mass is 485 g/mol. The molecule has 0 unspecified atom stereocenters. The van der Waals surface area contributed by atoms with Crippen molar-refractivity contribution in [3.63, 3.8) is 0 Å². The highest BCUT2D eigenvalue weighted by Gasteiger charge is 2.28. The molecule has 2 atom stereocenters. The molecular weight excluding hydrogens is 454 g/mol. The fourth-order valence-electron chi connectivity index (χ4n) is 4.13. The van der Waals surface area contributed by atoms with Gasteiger partial charge in [0.05, 0.1) is 48.7 Å². The molecule has 0 bridgehead atoms. The molecule has 35 heavy (non-hydrogen) atoms. The number of carboxylic acid groups (broad SMARTS) is 1. The lowest BCUT2D eigenvalue weighted by Gasteiger charge is -2.27. The molecule has 188 valence electrons. The number of hydrogen-bond donors (Lipinski definition) is 2. The van der Waals surface area contributed by atoms with Gasteiger partial charge in [-0.3, -0.25) is 4.79 Å². The molecule has 1 aliphatic rings. The summed E-state index contributed by atoms with van der Waals surface area (Å²) < 4.78 is 18.3. The lowest BCUT2D eigenvalue weighted by molar-refractivity contribution is -0.143. The summed E-state index contributed by atoms with van der Waals surface area (Å²) in [7, 11) is 1.81. The summed E-state index contributed by atoms with van der Waals surface area (Å²) in [6.45, 7) is 5.35. The largest absolute Gasteiger partial charge is 0.489 e. The third-order valence-corrected chi connectivity index (χ3v) is 6.04. The van der Waals surface area contributed by atoms with E-state index >= 15 is 0 Å². The molecule has 2 N–H and O–H groups in total. The van der Waals surface area contributed by atoms with Gasteiger partial charge in [-0.15, -0.1) is 5.10 Å². The maximum atomic E-state index is 11.3. The lowest BCUT2D eigenvalue weighted by Crippen LogP contribution is -2.29. The molecule has 0 aromatic carbocycles. The molecule has 3 aromatic rings. The van der Waals surface area contributed by atoms with E-state index < -0.39 is 5.97 Å². The van der Waals surface area contributed by atoms with Crippen LogP contribution in [0.15, 0.2) is 16.7 Å². The minimum Gasteiger partial charge on any atom is -0.489 e. The summed E-state index contributed by atoms with van der Waals surface area (Å²) in [6, 6.07) is 3.70. The summed E-state index contributed by atoms with van der Waals surface area (Å²) >= 11 is 0. The van der Waals surface area contributed by atoms with E-state index in [2.05, 4.69) is 30.8 Å². The Balaban J connectivity index is 1.42. The first-order valence-corrected chi connectivity index (χ1v) is 11.8. The maximum absolute atomic E-state index is 11.3. The molecule has 0 radical (unpaired) electrons. The number of nitrogens with zero attached hydrogens (tertiary/aromatic N) is 6. The zero-order valence-corrected chi connectivity index (χ0v) is 20.2. The predicted molar refractivity (Wildman–Crippen MR) is 125 cm³/mol. The van der Waals surface area contributed by atoms with E-state index in [0.717, 1.165) is 18.5 Å². The van der Waals surface area contributed by atoms with Crippen LogP contribution in [0.2, 0.25) is 0 Å². The van der Waals surface area contributed by atoms with Crippen LogP contribution in [0.3, 0.4) is 0 Å². The number of aryl methyl sites for hydroxylation is 2. The minimum atomic E-state index is -0.755. The number of anilines is 1. The zero-order chi connectivity index (χ0) is 24.8. The molecule has 12 heteroatoms. The predicted octanol–water partition coefficient (Wildman–Crippen LogP) is 2.78. The Morgan fingerprint density at radius 1 is 1.31 bits per heavy atom. The molecule has 3 aromatic heterocycles. The second-order valence-corrected chi connectivity index (χ2v) is 8.54. The van der Waals surface area contributed by atoms with Gasteiger partial charge in [-0.1, -0.05) is 5.21 Å². The molecule has 1 saturated carbocycles. The lowest BCUT2D eigenvalue weighted by atomic mass is 9.87. The van der Waals surface area contributed by atoms with Gasteiger partial charge in [0.15, 0.2) is 0 Å². The highest BCUT2D eigenvalue weighted by molar-refractivity contribution is 5.70. The third-order valence-electron chi connectivity index (χ3n) is 6.04. The van der Waals surface area contributed by atoms with E-state index in [1.165, 1.54) is 0 Å². The van der Waals surface area contributed by atoms with Crippen molar-refractivity contribution in [3.05, 3.63) is 29.4 Å². The standard InChI is InChI=1S/C23H31N7O5/c1-4-33-11-10-20-26-23(28-35-20)24-13-18-21(27-29-30(18)3)17-8-9-19(14(2)25-17)34-16-7-5-6-15(12-16)22(31)32/h8-9,15-16H,4-7,10-13H2,1-3H3,(H,24,28)(H,31,32)/t15-,16-/m0/s1. The number of aliphatic carboxylic acids is 1. The maximum Gasteiger partial charge on any atom is 0.306 e. The van der Waals surface area contributed by atoms with Gasteiger partial charge in [-0.2, -0.15) is 4.98 Å². The Hall–Kier alpha value is -3.54. The van der Waals surface area contributed by atoms with Gasteiger partial charge in [-0.25, -0.2) is 9.67 Å². The number of aromatic nitrogens is 6. The van der Waals surface area contributed by atoms with Gasteiger partial charge < -0.3 is 24.4 Å². The fraction of sp³-hybridized carbons (Fsp3) is 0.565. The Morgan fingerprint density at radius 3 is 2.94 bits per heavy atom. The summed E-state index contributed by atoms with van der Waals surface area (Å²) in [4.78, 5) is 20.4. The summed E-state index contributed by atoms with van der Waals surface area (Å²) in [5.74, 6) is 0.430. The van der Waals surface area contributed by atoms with Gasteiger partial charge in [-0.05, 0) is 56.8 Å². The van der Waals surface area contributed by atoms with Crippen molar-refractivity contribution in [1.29, 1.82) is 0 Å². The minimum absolute atomic E-state index is 0.124. The summed E-state index contributed by atoms with van der Waals surface area (Å²) in [5, 5.41) is 24.9. The molecule has 1 fully saturated rings. The molecular formula is C23H31N7O5. The van der Waals surface area contributed by atoms with E-state index in [9.17, 15) is 9.90 Å². The quantitative estimate of drug-likeness (QED) is 0.386. The van der Waals surface area contributed by atoms with Crippen LogP contribution in [0.5, 0.6) is 5.75 Å². The Bertz CT molecular complexity index is 1150. The van der Waals surface area contributed by atoms with Crippen molar-refractivity contribution in [2.75, 3.05) is 18.5 Å². The smallest absolute Gasteiger partial charge is 0.306 e. The van der Waals surface area contributed by atoms with Crippen molar-refractivity contribution in [3.8, 4) is 17.1 Å². The van der Waals surface area contributed by atoms with Crippen LogP contribution >= 0.6 is 0 Å². The van der Waals surface area contributed by atoms with E-state index in [1.54, 1.807) is 4.68 Å². The van der Waals surface area contributed by atoms with Gasteiger partial charge in [0.25, 0.3) is 5.95 Å². The number of pyridine rings is 1. The van der Waals surface area contributed by atoms with Crippen LogP contribution in [-0.4, -0.2) is 60.5 Å². The number of carboxylic acids is 1. The van der Waals surface area contributed by atoms with Crippen LogP contribution in [-0.2, 0) is 29.5 Å². The zero-order valence-electron chi connectivity index (χ0n) is 20.2. The second-order valence-electron chi connectivity index (χ2n) is 8.54. The third kappa shape index (κ3) is 6.13. The van der Waals surface area contributed by atoms with Crippen LogP contribution in [0.25, 0.3) is 11.4 Å². The van der Waals surface area contributed by atoms with Crippen molar-refractivity contribution >= 4 is 11.9 Å². The van der Waals surface area contributed by atoms with E-state index in [0.29, 0.717) is 73.7 Å². The molecule has 0 spiro atoms. The van der Waals surface area contributed by atoms with Gasteiger partial charge in [0, 0.05) is 13.7 Å². The highest BCUT2D eigenvalue weighted by atomic mass is 16.5. The first-order valence-electron chi connectivity index (χ1n) is 11.8. The van der Waals surface area contributed by atoms with Gasteiger partial charge >= 0.3 is 5.97 Å². The van der Waals surface area contributed by atoms with Gasteiger partial charge in [0.1, 0.15) is 11.4 Å². The Kier molecular flexibility index (Phi) is 7.91. The molecule has 3 heterocycles. The second kappa shape index (κ2) is 11.3. The van der Waals surface area contributed by atoms with E-state index in [4.69, 9.17) is 14.0 Å². The molecule has 0 amide bonds. The molecule has 1 aliphatic carbocycles. The topological polar surface area (TPSA) is 150 Å². The molecule has 0 aliphatic heterocycles. The van der Waals surface area contributed by atoms with E-state index in [-0.39, 0.29) is 12.0 Å². The summed E-state index contributed by atoms with van der Waals surface area (Å²) in [5.41, 5.74) is 2.82. The number of hydrogen-bond acceptors (Lipinski definition) is 10. The summed E-state index contributed by atoms with van der Waals surface area (Å²) in [6.07, 6.45) is 3.33. The average Bonchev–Trinajstić information content (AvgIpc) is 3.45. The van der Waals surface area contributed by atoms with E-state index in [1.807, 2.05) is 33.0 Å². The molecule has 12 nitrogen and oxygen atoms in total. The Labute approximate surface area is 203 Å². The molecule has 0 saturated heterocycles. The van der Waals surface area contributed by atoms with Crippen molar-refractivity contribution in [1.82, 2.24) is 30.1 Å².